The zero-order valence-electron chi connectivity index (χ0n) is 13.1. The Morgan fingerprint density at radius 2 is 1.78 bits per heavy atom. The lowest BCUT2D eigenvalue weighted by atomic mass is 10.3. The lowest BCUT2D eigenvalue weighted by Gasteiger charge is -2.32. The number of hydrogen-bond donors (Lipinski definition) is 0. The van der Waals surface area contributed by atoms with E-state index >= 15 is 0 Å². The Hall–Kier alpha value is -2.48. The van der Waals surface area contributed by atoms with E-state index in [2.05, 4.69) is 15.3 Å². The van der Waals surface area contributed by atoms with E-state index < -0.39 is 0 Å². The Morgan fingerprint density at radius 1 is 1.09 bits per heavy atom. The second-order valence-electron chi connectivity index (χ2n) is 5.67. The van der Waals surface area contributed by atoms with Crippen LogP contribution in [0.25, 0.3) is 5.69 Å². The average molecular weight is 316 g/mol. The highest BCUT2D eigenvalue weighted by Gasteiger charge is 2.19. The van der Waals surface area contributed by atoms with Crippen molar-refractivity contribution in [3.8, 4) is 5.69 Å². The van der Waals surface area contributed by atoms with Crippen molar-refractivity contribution >= 4 is 5.91 Å². The number of carbonyl (C=O) groups excluding carboxylic acids is 1. The molecule has 1 aliphatic heterocycles. The summed E-state index contributed by atoms with van der Waals surface area (Å²) >= 11 is 0. The monoisotopic (exact) mass is 316 g/mol. The molecule has 2 aromatic rings. The molecule has 3 rings (SSSR count). The molecule has 0 bridgehead atoms. The second kappa shape index (κ2) is 6.74. The van der Waals surface area contributed by atoms with Gasteiger partial charge < -0.3 is 9.80 Å². The SMILES string of the molecule is CN1CCN(C(=O)CCn2nnn(-c3ccccc3)c2=O)CC1. The maximum absolute atomic E-state index is 12.3. The number of nitrogens with zero attached hydrogens (tertiary/aromatic N) is 6. The highest BCUT2D eigenvalue weighted by Crippen LogP contribution is 2.03. The number of aromatic nitrogens is 4. The van der Waals surface area contributed by atoms with Gasteiger partial charge >= 0.3 is 5.69 Å². The van der Waals surface area contributed by atoms with Gasteiger partial charge in [-0.3, -0.25) is 4.79 Å². The molecule has 2 heterocycles. The first-order valence-corrected chi connectivity index (χ1v) is 7.70. The van der Waals surface area contributed by atoms with E-state index in [1.54, 1.807) is 12.1 Å². The van der Waals surface area contributed by atoms with Crippen molar-refractivity contribution in [3.63, 3.8) is 0 Å². The molecule has 0 aliphatic carbocycles. The third-order valence-corrected chi connectivity index (χ3v) is 4.03. The number of hydrogen-bond acceptors (Lipinski definition) is 5. The van der Waals surface area contributed by atoms with Crippen LogP contribution in [0, 0.1) is 0 Å². The zero-order valence-corrected chi connectivity index (χ0v) is 13.1. The van der Waals surface area contributed by atoms with E-state index in [1.807, 2.05) is 30.1 Å². The molecule has 0 unspecified atom stereocenters. The summed E-state index contributed by atoms with van der Waals surface area (Å²) < 4.78 is 2.47. The van der Waals surface area contributed by atoms with Crippen molar-refractivity contribution in [2.75, 3.05) is 33.2 Å². The van der Waals surface area contributed by atoms with Gasteiger partial charge in [-0.1, -0.05) is 18.2 Å². The van der Waals surface area contributed by atoms with Gasteiger partial charge in [-0.25, -0.2) is 4.79 Å². The van der Waals surface area contributed by atoms with Crippen LogP contribution < -0.4 is 5.69 Å². The molecule has 23 heavy (non-hydrogen) atoms. The zero-order chi connectivity index (χ0) is 16.2. The molecule has 122 valence electrons. The highest BCUT2D eigenvalue weighted by atomic mass is 16.2. The van der Waals surface area contributed by atoms with Crippen molar-refractivity contribution in [2.24, 2.45) is 0 Å². The Morgan fingerprint density at radius 3 is 2.48 bits per heavy atom. The summed E-state index contributed by atoms with van der Waals surface area (Å²) in [6.45, 7) is 3.49. The lowest BCUT2D eigenvalue weighted by Crippen LogP contribution is -2.47. The molecule has 1 aromatic heterocycles. The molecule has 8 nitrogen and oxygen atoms in total. The fourth-order valence-corrected chi connectivity index (χ4v) is 2.56. The van der Waals surface area contributed by atoms with Crippen LogP contribution in [-0.2, 0) is 11.3 Å². The standard InChI is InChI=1S/C15H20N6O2/c1-18-9-11-19(12-10-18)14(22)7-8-20-15(23)21(17-16-20)13-5-3-2-4-6-13/h2-6H,7-12H2,1H3. The summed E-state index contributed by atoms with van der Waals surface area (Å²) in [5.74, 6) is 0.0549. The van der Waals surface area contributed by atoms with Gasteiger partial charge in [-0.05, 0) is 29.6 Å². The molecule has 8 heteroatoms. The smallest absolute Gasteiger partial charge is 0.340 e. The number of likely N-dealkylation sites (N-methyl/N-ethyl adjacent to an activating group) is 1. The molecule has 1 aliphatic rings. The van der Waals surface area contributed by atoms with Crippen LogP contribution in [0.2, 0.25) is 0 Å². The summed E-state index contributed by atoms with van der Waals surface area (Å²) in [6.07, 6.45) is 0.261. The number of aryl methyl sites for hydroxylation is 1. The van der Waals surface area contributed by atoms with Gasteiger partial charge in [0.25, 0.3) is 0 Å². The minimum Gasteiger partial charge on any atom is -0.340 e. The Balaban J connectivity index is 1.62. The van der Waals surface area contributed by atoms with Crippen LogP contribution in [0.3, 0.4) is 0 Å². The van der Waals surface area contributed by atoms with Gasteiger partial charge in [-0.15, -0.1) is 0 Å². The molecule has 0 saturated carbocycles. The number of rotatable bonds is 4. The third kappa shape index (κ3) is 3.48. The number of tetrazole rings is 1. The summed E-state index contributed by atoms with van der Waals surface area (Å²) in [5.41, 5.74) is 0.330. The lowest BCUT2D eigenvalue weighted by molar-refractivity contribution is -0.133. The number of amides is 1. The first-order valence-electron chi connectivity index (χ1n) is 7.70. The fraction of sp³-hybridized carbons (Fsp3) is 0.467. The minimum atomic E-state index is -0.331. The minimum absolute atomic E-state index is 0.0549. The van der Waals surface area contributed by atoms with Crippen LogP contribution >= 0.6 is 0 Å². The van der Waals surface area contributed by atoms with E-state index in [1.165, 1.54) is 9.36 Å². The van der Waals surface area contributed by atoms with Crippen LogP contribution in [0.15, 0.2) is 35.1 Å². The summed E-state index contributed by atoms with van der Waals surface area (Å²) in [5, 5.41) is 7.73. The Bertz CT molecular complexity index is 715. The molecule has 1 amide bonds. The predicted octanol–water partition coefficient (Wildman–Crippen LogP) is -0.407. The highest BCUT2D eigenvalue weighted by molar-refractivity contribution is 5.76. The largest absolute Gasteiger partial charge is 0.368 e. The van der Waals surface area contributed by atoms with Crippen molar-refractivity contribution < 1.29 is 4.79 Å². The summed E-state index contributed by atoms with van der Waals surface area (Å²) in [7, 11) is 2.04. The van der Waals surface area contributed by atoms with E-state index in [9.17, 15) is 9.59 Å². The first kappa shape index (κ1) is 15.4. The van der Waals surface area contributed by atoms with Crippen molar-refractivity contribution in [1.82, 2.24) is 29.6 Å². The molecule has 0 spiro atoms. The third-order valence-electron chi connectivity index (χ3n) is 4.03. The Kier molecular flexibility index (Phi) is 4.52. The maximum atomic E-state index is 12.3. The van der Waals surface area contributed by atoms with Crippen LogP contribution in [-0.4, -0.2) is 68.7 Å². The molecule has 0 N–H and O–H groups in total. The predicted molar refractivity (Wildman–Crippen MR) is 84.3 cm³/mol. The quantitative estimate of drug-likeness (QED) is 0.767. The summed E-state index contributed by atoms with van der Waals surface area (Å²) in [6, 6.07) is 9.11. The molecule has 1 saturated heterocycles. The van der Waals surface area contributed by atoms with Gasteiger partial charge in [0.05, 0.1) is 12.2 Å². The van der Waals surface area contributed by atoms with Gasteiger partial charge in [0.1, 0.15) is 0 Å². The molecular formula is C15H20N6O2. The molecule has 0 atom stereocenters. The van der Waals surface area contributed by atoms with Gasteiger partial charge in [0, 0.05) is 32.6 Å². The van der Waals surface area contributed by atoms with Gasteiger partial charge in [-0.2, -0.15) is 9.36 Å². The second-order valence-corrected chi connectivity index (χ2v) is 5.67. The van der Waals surface area contributed by atoms with Gasteiger partial charge in [0.15, 0.2) is 0 Å². The molecule has 1 aromatic carbocycles. The van der Waals surface area contributed by atoms with Gasteiger partial charge in [0.2, 0.25) is 5.91 Å². The van der Waals surface area contributed by atoms with E-state index in [0.29, 0.717) is 5.69 Å². The first-order chi connectivity index (χ1) is 11.1. The van der Waals surface area contributed by atoms with E-state index in [4.69, 9.17) is 0 Å². The van der Waals surface area contributed by atoms with Crippen LogP contribution in [0.5, 0.6) is 0 Å². The van der Waals surface area contributed by atoms with Crippen LogP contribution in [0.4, 0.5) is 0 Å². The average Bonchev–Trinajstić information content (AvgIpc) is 2.95. The van der Waals surface area contributed by atoms with Crippen molar-refractivity contribution in [1.29, 1.82) is 0 Å². The summed E-state index contributed by atoms with van der Waals surface area (Å²) in [4.78, 5) is 28.5. The molecule has 0 radical (unpaired) electrons. The number of carbonyl (C=O) groups is 1. The van der Waals surface area contributed by atoms with E-state index in [0.717, 1.165) is 26.2 Å². The molecular weight excluding hydrogens is 296 g/mol. The maximum Gasteiger partial charge on any atom is 0.368 e. The number of para-hydroxylation sites is 1. The number of benzene rings is 1. The normalized spacial score (nSPS) is 15.8. The van der Waals surface area contributed by atoms with Crippen molar-refractivity contribution in [3.05, 3.63) is 40.8 Å². The fourth-order valence-electron chi connectivity index (χ4n) is 2.56. The van der Waals surface area contributed by atoms with Crippen molar-refractivity contribution in [2.45, 2.75) is 13.0 Å². The van der Waals surface area contributed by atoms with E-state index in [-0.39, 0.29) is 24.6 Å². The molecule has 1 fully saturated rings. The van der Waals surface area contributed by atoms with Crippen LogP contribution in [0.1, 0.15) is 6.42 Å². The number of piperazine rings is 1. The Labute approximate surface area is 133 Å². The topological polar surface area (TPSA) is 76.3 Å².